The van der Waals surface area contributed by atoms with Crippen LogP contribution < -0.4 is 9.47 Å². The van der Waals surface area contributed by atoms with E-state index >= 15 is 0 Å². The lowest BCUT2D eigenvalue weighted by molar-refractivity contribution is 0.0690. The van der Waals surface area contributed by atoms with Crippen LogP contribution in [0.15, 0.2) is 40.9 Å². The van der Waals surface area contributed by atoms with Crippen LogP contribution in [0.2, 0.25) is 0 Å². The number of hydrogen-bond acceptors (Lipinski definition) is 3. The molecular weight excluding hydrogens is 343 g/mol. The quantitative estimate of drug-likeness (QED) is 0.885. The molecule has 21 heavy (non-hydrogen) atoms. The molecule has 0 aliphatic rings. The molecule has 0 heterocycles. The molecular formula is C15H12BrFO4. The molecule has 0 aliphatic carbocycles. The zero-order valence-electron chi connectivity index (χ0n) is 11.1. The Balaban J connectivity index is 2.28. The fourth-order valence-electron chi connectivity index (χ4n) is 1.83. The Morgan fingerprint density at radius 3 is 2.76 bits per heavy atom. The molecule has 0 radical (unpaired) electrons. The average Bonchev–Trinajstić information content (AvgIpc) is 2.45. The number of ether oxygens (including phenoxy) is 2. The van der Waals surface area contributed by atoms with Crippen molar-refractivity contribution in [3.05, 3.63) is 57.8 Å². The van der Waals surface area contributed by atoms with Crippen molar-refractivity contribution in [2.24, 2.45) is 0 Å². The molecule has 0 amide bonds. The lowest BCUT2D eigenvalue weighted by atomic mass is 10.2. The van der Waals surface area contributed by atoms with Crippen LogP contribution in [0.3, 0.4) is 0 Å². The van der Waals surface area contributed by atoms with Gasteiger partial charge in [0.05, 0.1) is 7.11 Å². The van der Waals surface area contributed by atoms with Crippen LogP contribution in [0.25, 0.3) is 0 Å². The average molecular weight is 355 g/mol. The van der Waals surface area contributed by atoms with Gasteiger partial charge in [-0.25, -0.2) is 9.18 Å². The molecule has 1 N–H and O–H groups in total. The third-order valence-corrected chi connectivity index (χ3v) is 3.31. The minimum atomic E-state index is -1.24. The van der Waals surface area contributed by atoms with Gasteiger partial charge in [0.2, 0.25) is 0 Å². The van der Waals surface area contributed by atoms with E-state index < -0.39 is 11.8 Å². The maximum absolute atomic E-state index is 13.7. The van der Waals surface area contributed by atoms with E-state index in [1.807, 2.05) is 0 Å². The molecule has 0 aromatic heterocycles. The maximum Gasteiger partial charge on any atom is 0.339 e. The Labute approximate surface area is 129 Å². The monoisotopic (exact) mass is 354 g/mol. The van der Waals surface area contributed by atoms with Crippen LogP contribution in [0.5, 0.6) is 11.5 Å². The molecule has 0 saturated carbocycles. The number of para-hydroxylation sites is 1. The topological polar surface area (TPSA) is 55.8 Å². The highest BCUT2D eigenvalue weighted by molar-refractivity contribution is 9.10. The van der Waals surface area contributed by atoms with Crippen LogP contribution in [0.4, 0.5) is 4.39 Å². The zero-order valence-corrected chi connectivity index (χ0v) is 12.7. The van der Waals surface area contributed by atoms with Gasteiger partial charge in [0, 0.05) is 10.0 Å². The van der Waals surface area contributed by atoms with Crippen molar-refractivity contribution in [3.63, 3.8) is 0 Å². The summed E-state index contributed by atoms with van der Waals surface area (Å²) in [4.78, 5) is 11.1. The summed E-state index contributed by atoms with van der Waals surface area (Å²) in [6.07, 6.45) is 0. The van der Waals surface area contributed by atoms with Crippen molar-refractivity contribution in [3.8, 4) is 11.5 Å². The molecule has 0 saturated heterocycles. The van der Waals surface area contributed by atoms with Gasteiger partial charge in [-0.05, 0) is 30.3 Å². The summed E-state index contributed by atoms with van der Waals surface area (Å²) in [7, 11) is 1.51. The normalized spacial score (nSPS) is 10.2. The number of benzene rings is 2. The Bertz CT molecular complexity index is 673. The van der Waals surface area contributed by atoms with E-state index in [0.717, 1.165) is 10.5 Å². The van der Waals surface area contributed by atoms with Gasteiger partial charge >= 0.3 is 5.97 Å². The molecule has 2 aromatic rings. The molecule has 4 nitrogen and oxygen atoms in total. The molecule has 0 fully saturated rings. The Hall–Kier alpha value is -2.08. The van der Waals surface area contributed by atoms with Gasteiger partial charge in [0.15, 0.2) is 11.6 Å². The fraction of sp³-hybridized carbons (Fsp3) is 0.133. The third-order valence-electron chi connectivity index (χ3n) is 2.81. The van der Waals surface area contributed by atoms with Gasteiger partial charge < -0.3 is 14.6 Å². The second-order valence-corrected chi connectivity index (χ2v) is 5.08. The van der Waals surface area contributed by atoms with Crippen molar-refractivity contribution in [1.29, 1.82) is 0 Å². The number of methoxy groups -OCH3 is 1. The molecule has 2 rings (SSSR count). The number of hydrogen-bond donors (Lipinski definition) is 1. The highest BCUT2D eigenvalue weighted by Crippen LogP contribution is 2.27. The van der Waals surface area contributed by atoms with Gasteiger partial charge in [-0.3, -0.25) is 0 Å². The van der Waals surface area contributed by atoms with Crippen molar-refractivity contribution < 1.29 is 23.8 Å². The number of aromatic carboxylic acids is 1. The zero-order chi connectivity index (χ0) is 15.4. The molecule has 0 spiro atoms. The van der Waals surface area contributed by atoms with Crippen molar-refractivity contribution in [1.82, 2.24) is 0 Å². The smallest absolute Gasteiger partial charge is 0.339 e. The van der Waals surface area contributed by atoms with Crippen molar-refractivity contribution >= 4 is 21.9 Å². The summed E-state index contributed by atoms with van der Waals surface area (Å²) in [5.74, 6) is -1.67. The second kappa shape index (κ2) is 6.58. The standard InChI is InChI=1S/C15H12BrFO4/c1-20-13-6-5-10(16)7-9(13)8-21-14-11(15(18)19)3-2-4-12(14)17/h2-7H,8H2,1H3,(H,18,19). The van der Waals surface area contributed by atoms with E-state index in [9.17, 15) is 9.18 Å². The van der Waals surface area contributed by atoms with Crippen molar-refractivity contribution in [2.45, 2.75) is 6.61 Å². The van der Waals surface area contributed by atoms with Crippen molar-refractivity contribution in [2.75, 3.05) is 7.11 Å². The first-order chi connectivity index (χ1) is 10.0. The Kier molecular flexibility index (Phi) is 4.80. The highest BCUT2D eigenvalue weighted by Gasteiger charge is 2.16. The first-order valence-electron chi connectivity index (χ1n) is 6.00. The van der Waals surface area contributed by atoms with Crippen LogP contribution in [0.1, 0.15) is 15.9 Å². The fourth-order valence-corrected chi connectivity index (χ4v) is 2.24. The van der Waals surface area contributed by atoms with E-state index in [0.29, 0.717) is 11.3 Å². The van der Waals surface area contributed by atoms with Gasteiger partial charge in [-0.2, -0.15) is 0 Å². The van der Waals surface area contributed by atoms with Crippen LogP contribution in [0, 0.1) is 5.82 Å². The number of halogens is 2. The summed E-state index contributed by atoms with van der Waals surface area (Å²) >= 11 is 3.32. The van der Waals surface area contributed by atoms with E-state index in [1.165, 1.54) is 19.2 Å². The largest absolute Gasteiger partial charge is 0.496 e. The molecule has 6 heteroatoms. The Morgan fingerprint density at radius 1 is 1.33 bits per heavy atom. The Morgan fingerprint density at radius 2 is 2.10 bits per heavy atom. The summed E-state index contributed by atoms with van der Waals surface area (Å²) < 4.78 is 25.1. The van der Waals surface area contributed by atoms with Gasteiger partial charge in [-0.15, -0.1) is 0 Å². The van der Waals surface area contributed by atoms with E-state index in [-0.39, 0.29) is 17.9 Å². The van der Waals surface area contributed by atoms with E-state index in [1.54, 1.807) is 18.2 Å². The lowest BCUT2D eigenvalue weighted by Gasteiger charge is -2.12. The van der Waals surface area contributed by atoms with E-state index in [2.05, 4.69) is 15.9 Å². The van der Waals surface area contributed by atoms with E-state index in [4.69, 9.17) is 14.6 Å². The van der Waals surface area contributed by atoms with Crippen LogP contribution in [-0.2, 0) is 6.61 Å². The van der Waals surface area contributed by atoms with Gasteiger partial charge in [0.25, 0.3) is 0 Å². The molecule has 0 unspecified atom stereocenters. The maximum atomic E-state index is 13.7. The predicted octanol–water partition coefficient (Wildman–Crippen LogP) is 3.87. The minimum Gasteiger partial charge on any atom is -0.496 e. The SMILES string of the molecule is COc1ccc(Br)cc1COc1c(F)cccc1C(=O)O. The number of carboxylic acids is 1. The first-order valence-corrected chi connectivity index (χ1v) is 6.79. The molecule has 110 valence electrons. The summed E-state index contributed by atoms with van der Waals surface area (Å²) in [6.45, 7) is -0.0101. The van der Waals surface area contributed by atoms with Crippen LogP contribution >= 0.6 is 15.9 Å². The second-order valence-electron chi connectivity index (χ2n) is 4.17. The first kappa shape index (κ1) is 15.3. The summed E-state index contributed by atoms with van der Waals surface area (Å²) in [5, 5.41) is 9.05. The summed E-state index contributed by atoms with van der Waals surface area (Å²) in [5.41, 5.74) is 0.454. The van der Waals surface area contributed by atoms with Gasteiger partial charge in [0.1, 0.15) is 17.9 Å². The molecule has 2 aromatic carbocycles. The predicted molar refractivity (Wildman–Crippen MR) is 78.4 cm³/mol. The lowest BCUT2D eigenvalue weighted by Crippen LogP contribution is -2.06. The number of carboxylic acid groups (broad SMARTS) is 1. The minimum absolute atomic E-state index is 0.0101. The van der Waals surface area contributed by atoms with Gasteiger partial charge in [-0.1, -0.05) is 22.0 Å². The highest BCUT2D eigenvalue weighted by atomic mass is 79.9. The summed E-state index contributed by atoms with van der Waals surface area (Å²) in [6, 6.07) is 9.07. The third kappa shape index (κ3) is 3.52. The molecule has 0 bridgehead atoms. The number of rotatable bonds is 5. The molecule has 0 aliphatic heterocycles. The van der Waals surface area contributed by atoms with Crippen LogP contribution in [-0.4, -0.2) is 18.2 Å². The number of carbonyl (C=O) groups is 1. The molecule has 0 atom stereocenters.